The van der Waals surface area contributed by atoms with Crippen LogP contribution in [0.3, 0.4) is 0 Å². The molecule has 76 valence electrons. The van der Waals surface area contributed by atoms with Gasteiger partial charge in [0.15, 0.2) is 0 Å². The standard InChI is InChI=1S/C8H20N2.C2H6/c1-8(2)7-9-5-6-10(3)4;1-2/h8-9H,5-7H2,1-4H3;1-2H3. The zero-order valence-corrected chi connectivity index (χ0v) is 9.65. The van der Waals surface area contributed by atoms with E-state index in [1.54, 1.807) is 0 Å². The van der Waals surface area contributed by atoms with Gasteiger partial charge in [0, 0.05) is 13.1 Å². The van der Waals surface area contributed by atoms with Gasteiger partial charge in [0.25, 0.3) is 0 Å². The van der Waals surface area contributed by atoms with E-state index < -0.39 is 0 Å². The van der Waals surface area contributed by atoms with E-state index in [-0.39, 0.29) is 0 Å². The van der Waals surface area contributed by atoms with E-state index in [1.807, 2.05) is 13.8 Å². The Morgan fingerprint density at radius 3 is 2.00 bits per heavy atom. The number of nitrogens with zero attached hydrogens (tertiary/aromatic N) is 1. The number of nitrogens with one attached hydrogen (secondary N) is 1. The molecule has 0 unspecified atom stereocenters. The van der Waals surface area contributed by atoms with Crippen molar-refractivity contribution in [2.24, 2.45) is 5.92 Å². The van der Waals surface area contributed by atoms with E-state index in [2.05, 4.69) is 38.2 Å². The van der Waals surface area contributed by atoms with Crippen LogP contribution in [-0.2, 0) is 0 Å². The van der Waals surface area contributed by atoms with Gasteiger partial charge in [-0.3, -0.25) is 0 Å². The highest BCUT2D eigenvalue weighted by atomic mass is 15.1. The van der Waals surface area contributed by atoms with Crippen molar-refractivity contribution >= 4 is 0 Å². The van der Waals surface area contributed by atoms with Crippen LogP contribution in [0.5, 0.6) is 0 Å². The van der Waals surface area contributed by atoms with Crippen molar-refractivity contribution < 1.29 is 0 Å². The molecule has 0 saturated heterocycles. The van der Waals surface area contributed by atoms with Gasteiger partial charge in [-0.05, 0) is 26.6 Å². The van der Waals surface area contributed by atoms with E-state index in [4.69, 9.17) is 0 Å². The zero-order chi connectivity index (χ0) is 9.98. The molecule has 0 radical (unpaired) electrons. The molecule has 0 aromatic rings. The van der Waals surface area contributed by atoms with E-state index in [0.29, 0.717) is 0 Å². The van der Waals surface area contributed by atoms with Crippen molar-refractivity contribution in [3.05, 3.63) is 0 Å². The average Bonchev–Trinajstić information content (AvgIpc) is 2.02. The lowest BCUT2D eigenvalue weighted by Crippen LogP contribution is -2.28. The Hall–Kier alpha value is -0.0800. The molecular formula is C10H26N2. The van der Waals surface area contributed by atoms with Crippen molar-refractivity contribution in [2.75, 3.05) is 33.7 Å². The van der Waals surface area contributed by atoms with Crippen molar-refractivity contribution in [1.29, 1.82) is 0 Å². The molecule has 0 aliphatic rings. The Bertz CT molecular complexity index is 60.2. The van der Waals surface area contributed by atoms with Gasteiger partial charge in [0.05, 0.1) is 0 Å². The first-order chi connectivity index (χ1) is 5.63. The molecule has 0 aromatic carbocycles. The quantitative estimate of drug-likeness (QED) is 0.640. The highest BCUT2D eigenvalue weighted by molar-refractivity contribution is 4.52. The van der Waals surface area contributed by atoms with Gasteiger partial charge < -0.3 is 10.2 Å². The molecule has 2 heteroatoms. The van der Waals surface area contributed by atoms with E-state index in [0.717, 1.165) is 25.6 Å². The maximum Gasteiger partial charge on any atom is 0.0101 e. The summed E-state index contributed by atoms with van der Waals surface area (Å²) in [5, 5.41) is 3.37. The van der Waals surface area contributed by atoms with Crippen LogP contribution in [-0.4, -0.2) is 38.6 Å². The fraction of sp³-hybridized carbons (Fsp3) is 1.00. The first kappa shape index (κ1) is 14.4. The average molecular weight is 174 g/mol. The second kappa shape index (κ2) is 10.9. The summed E-state index contributed by atoms with van der Waals surface area (Å²) in [5.74, 6) is 0.766. The summed E-state index contributed by atoms with van der Waals surface area (Å²) < 4.78 is 0. The molecule has 0 atom stereocenters. The fourth-order valence-electron chi connectivity index (χ4n) is 0.693. The van der Waals surface area contributed by atoms with Crippen LogP contribution in [0.4, 0.5) is 0 Å². The van der Waals surface area contributed by atoms with E-state index in [9.17, 15) is 0 Å². The van der Waals surface area contributed by atoms with Crippen LogP contribution in [0.25, 0.3) is 0 Å². The molecule has 1 N–H and O–H groups in total. The molecule has 0 aliphatic heterocycles. The van der Waals surface area contributed by atoms with Gasteiger partial charge in [-0.1, -0.05) is 27.7 Å². The van der Waals surface area contributed by atoms with Gasteiger partial charge in [-0.2, -0.15) is 0 Å². The monoisotopic (exact) mass is 174 g/mol. The SMILES string of the molecule is CC.CC(C)CNCCN(C)C. The molecule has 2 nitrogen and oxygen atoms in total. The van der Waals surface area contributed by atoms with Crippen LogP contribution < -0.4 is 5.32 Å². The molecule has 0 aliphatic carbocycles. The van der Waals surface area contributed by atoms with Gasteiger partial charge in [-0.25, -0.2) is 0 Å². The molecular weight excluding hydrogens is 148 g/mol. The molecule has 12 heavy (non-hydrogen) atoms. The third-order valence-electron chi connectivity index (χ3n) is 1.29. The molecule has 0 rings (SSSR count). The maximum atomic E-state index is 3.37. The Morgan fingerprint density at radius 2 is 1.67 bits per heavy atom. The highest BCUT2D eigenvalue weighted by Gasteiger charge is 1.92. The molecule has 0 spiro atoms. The number of hydrogen-bond donors (Lipinski definition) is 1. The predicted octanol–water partition coefficient (Wildman–Crippen LogP) is 1.82. The summed E-state index contributed by atoms with van der Waals surface area (Å²) in [5.41, 5.74) is 0. The lowest BCUT2D eigenvalue weighted by atomic mass is 10.2. The first-order valence-corrected chi connectivity index (χ1v) is 4.98. The molecule has 0 aromatic heterocycles. The maximum absolute atomic E-state index is 3.37. The molecule has 0 amide bonds. The van der Waals surface area contributed by atoms with Crippen molar-refractivity contribution in [3.8, 4) is 0 Å². The van der Waals surface area contributed by atoms with E-state index in [1.165, 1.54) is 0 Å². The summed E-state index contributed by atoms with van der Waals surface area (Å²) in [7, 11) is 4.19. The summed E-state index contributed by atoms with van der Waals surface area (Å²) in [6, 6.07) is 0. The Morgan fingerprint density at radius 1 is 1.17 bits per heavy atom. The van der Waals surface area contributed by atoms with Crippen LogP contribution in [0, 0.1) is 5.92 Å². The smallest absolute Gasteiger partial charge is 0.0101 e. The zero-order valence-electron chi connectivity index (χ0n) is 9.65. The summed E-state index contributed by atoms with van der Waals surface area (Å²) in [4.78, 5) is 2.19. The Labute approximate surface area is 78.3 Å². The fourth-order valence-corrected chi connectivity index (χ4v) is 0.693. The van der Waals surface area contributed by atoms with Gasteiger partial charge in [0.1, 0.15) is 0 Å². The first-order valence-electron chi connectivity index (χ1n) is 4.98. The van der Waals surface area contributed by atoms with Crippen molar-refractivity contribution in [2.45, 2.75) is 27.7 Å². The minimum Gasteiger partial charge on any atom is -0.315 e. The van der Waals surface area contributed by atoms with Crippen molar-refractivity contribution in [1.82, 2.24) is 10.2 Å². The second-order valence-corrected chi connectivity index (χ2v) is 3.40. The topological polar surface area (TPSA) is 15.3 Å². The van der Waals surface area contributed by atoms with Gasteiger partial charge in [-0.15, -0.1) is 0 Å². The van der Waals surface area contributed by atoms with Crippen LogP contribution in [0.2, 0.25) is 0 Å². The predicted molar refractivity (Wildman–Crippen MR) is 57.6 cm³/mol. The Kier molecular flexibility index (Phi) is 13.1. The molecule has 0 heterocycles. The Balaban J connectivity index is 0. The lowest BCUT2D eigenvalue weighted by Gasteiger charge is -2.11. The number of rotatable bonds is 5. The largest absolute Gasteiger partial charge is 0.315 e. The minimum atomic E-state index is 0.766. The van der Waals surface area contributed by atoms with Crippen LogP contribution in [0.15, 0.2) is 0 Å². The van der Waals surface area contributed by atoms with Gasteiger partial charge >= 0.3 is 0 Å². The minimum absolute atomic E-state index is 0.766. The normalized spacial score (nSPS) is 10.0. The van der Waals surface area contributed by atoms with Crippen LogP contribution >= 0.6 is 0 Å². The highest BCUT2D eigenvalue weighted by Crippen LogP contribution is 1.85. The molecule has 0 fully saturated rings. The number of likely N-dealkylation sites (N-methyl/N-ethyl adjacent to an activating group) is 1. The summed E-state index contributed by atoms with van der Waals surface area (Å²) in [6.45, 7) is 11.8. The van der Waals surface area contributed by atoms with E-state index >= 15 is 0 Å². The number of hydrogen-bond acceptors (Lipinski definition) is 2. The second-order valence-electron chi connectivity index (χ2n) is 3.40. The summed E-state index contributed by atoms with van der Waals surface area (Å²) >= 11 is 0. The third-order valence-corrected chi connectivity index (χ3v) is 1.29. The molecule has 0 bridgehead atoms. The van der Waals surface area contributed by atoms with Crippen molar-refractivity contribution in [3.63, 3.8) is 0 Å². The van der Waals surface area contributed by atoms with Crippen LogP contribution in [0.1, 0.15) is 27.7 Å². The van der Waals surface area contributed by atoms with Gasteiger partial charge in [0.2, 0.25) is 0 Å². The molecule has 0 saturated carbocycles. The lowest BCUT2D eigenvalue weighted by molar-refractivity contribution is 0.393. The third kappa shape index (κ3) is 16.5. The summed E-state index contributed by atoms with van der Waals surface area (Å²) in [6.07, 6.45) is 0.